The van der Waals surface area contributed by atoms with Gasteiger partial charge in [-0.3, -0.25) is 10.3 Å². The van der Waals surface area contributed by atoms with Crippen LogP contribution in [0.25, 0.3) is 0 Å². The topological polar surface area (TPSA) is 24.4 Å². The van der Waals surface area contributed by atoms with Gasteiger partial charge in [0, 0.05) is 5.71 Å². The predicted molar refractivity (Wildman–Crippen MR) is 53.5 cm³/mol. The van der Waals surface area contributed by atoms with Crippen molar-refractivity contribution >= 4 is 5.71 Å². The average molecular weight is 166 g/mol. The van der Waals surface area contributed by atoms with Gasteiger partial charge < -0.3 is 0 Å². The maximum Gasteiger partial charge on any atom is 0.0887 e. The molecule has 0 spiro atoms. The van der Waals surface area contributed by atoms with E-state index in [1.54, 1.807) is 0 Å². The normalized spacial score (nSPS) is 29.8. The highest BCUT2D eigenvalue weighted by molar-refractivity contribution is 5.99. The Morgan fingerprint density at radius 2 is 2.42 bits per heavy atom. The molecule has 0 saturated heterocycles. The SMILES string of the molecule is C=C(C)/C1=N/CNCCC(C)C1. The first kappa shape index (κ1) is 9.46. The Morgan fingerprint density at radius 3 is 3.08 bits per heavy atom. The first-order valence-corrected chi connectivity index (χ1v) is 4.60. The highest BCUT2D eigenvalue weighted by Crippen LogP contribution is 2.13. The number of hydrogen-bond donors (Lipinski definition) is 1. The van der Waals surface area contributed by atoms with Gasteiger partial charge in [-0.1, -0.05) is 13.5 Å². The van der Waals surface area contributed by atoms with Crippen LogP contribution in [0.2, 0.25) is 0 Å². The lowest BCUT2D eigenvalue weighted by Crippen LogP contribution is -2.23. The second kappa shape index (κ2) is 4.41. The van der Waals surface area contributed by atoms with Crippen LogP contribution in [-0.2, 0) is 0 Å². The standard InChI is InChI=1S/C10H18N2/c1-8(2)10-6-9(3)4-5-11-7-12-10/h9,11H,1,4-7H2,2-3H3/b12-10+. The Bertz CT molecular complexity index is 194. The molecule has 1 rings (SSSR count). The predicted octanol–water partition coefficient (Wildman–Crippen LogP) is 1.98. The van der Waals surface area contributed by atoms with E-state index in [0.717, 1.165) is 31.1 Å². The molecule has 0 amide bonds. The second-order valence-corrected chi connectivity index (χ2v) is 3.64. The fourth-order valence-corrected chi connectivity index (χ4v) is 1.38. The van der Waals surface area contributed by atoms with Gasteiger partial charge in [-0.2, -0.15) is 0 Å². The first-order chi connectivity index (χ1) is 5.70. The summed E-state index contributed by atoms with van der Waals surface area (Å²) < 4.78 is 0. The lowest BCUT2D eigenvalue weighted by Gasteiger charge is -2.17. The number of rotatable bonds is 1. The van der Waals surface area contributed by atoms with Gasteiger partial charge in [-0.15, -0.1) is 0 Å². The van der Waals surface area contributed by atoms with E-state index in [1.165, 1.54) is 12.1 Å². The zero-order valence-electron chi connectivity index (χ0n) is 8.06. The molecule has 1 unspecified atom stereocenters. The van der Waals surface area contributed by atoms with Gasteiger partial charge in [-0.05, 0) is 37.8 Å². The lowest BCUT2D eigenvalue weighted by atomic mass is 9.97. The van der Waals surface area contributed by atoms with E-state index in [1.807, 2.05) is 6.92 Å². The number of hydrogen-bond acceptors (Lipinski definition) is 2. The summed E-state index contributed by atoms with van der Waals surface area (Å²) in [6, 6.07) is 0. The van der Waals surface area contributed by atoms with Crippen molar-refractivity contribution in [2.24, 2.45) is 10.9 Å². The number of nitrogens with one attached hydrogen (secondary N) is 1. The molecule has 2 heteroatoms. The molecule has 68 valence electrons. The number of nitrogens with zero attached hydrogens (tertiary/aromatic N) is 1. The maximum atomic E-state index is 4.44. The summed E-state index contributed by atoms with van der Waals surface area (Å²) in [7, 11) is 0. The molecule has 0 bridgehead atoms. The molecule has 0 fully saturated rings. The van der Waals surface area contributed by atoms with Crippen LogP contribution in [0.15, 0.2) is 17.1 Å². The van der Waals surface area contributed by atoms with Crippen LogP contribution in [-0.4, -0.2) is 18.9 Å². The van der Waals surface area contributed by atoms with E-state index in [-0.39, 0.29) is 0 Å². The Hall–Kier alpha value is -0.630. The Morgan fingerprint density at radius 1 is 1.67 bits per heavy atom. The van der Waals surface area contributed by atoms with Crippen LogP contribution < -0.4 is 5.32 Å². The molecule has 0 aliphatic carbocycles. The highest BCUT2D eigenvalue weighted by atomic mass is 15.0. The zero-order chi connectivity index (χ0) is 8.97. The quantitative estimate of drug-likeness (QED) is 0.633. The van der Waals surface area contributed by atoms with Gasteiger partial charge >= 0.3 is 0 Å². The van der Waals surface area contributed by atoms with Crippen molar-refractivity contribution in [1.82, 2.24) is 5.32 Å². The van der Waals surface area contributed by atoms with Crippen molar-refractivity contribution in [2.45, 2.75) is 26.7 Å². The van der Waals surface area contributed by atoms with E-state index in [4.69, 9.17) is 0 Å². The summed E-state index contributed by atoms with van der Waals surface area (Å²) in [6.45, 7) is 10.1. The van der Waals surface area contributed by atoms with E-state index in [2.05, 4.69) is 23.8 Å². The van der Waals surface area contributed by atoms with Crippen molar-refractivity contribution in [3.63, 3.8) is 0 Å². The summed E-state index contributed by atoms with van der Waals surface area (Å²) >= 11 is 0. The molecular formula is C10H18N2. The minimum absolute atomic E-state index is 0.730. The largest absolute Gasteiger partial charge is 0.298 e. The molecular weight excluding hydrogens is 148 g/mol. The maximum absolute atomic E-state index is 4.44. The Kier molecular flexibility index (Phi) is 3.48. The van der Waals surface area contributed by atoms with E-state index >= 15 is 0 Å². The molecule has 0 aromatic heterocycles. The molecule has 0 radical (unpaired) electrons. The van der Waals surface area contributed by atoms with Crippen molar-refractivity contribution in [1.29, 1.82) is 0 Å². The Balaban J connectivity index is 2.62. The number of allylic oxidation sites excluding steroid dienone is 1. The van der Waals surface area contributed by atoms with Crippen LogP contribution in [0.1, 0.15) is 26.7 Å². The van der Waals surface area contributed by atoms with Gasteiger partial charge in [0.2, 0.25) is 0 Å². The van der Waals surface area contributed by atoms with Crippen LogP contribution in [0.3, 0.4) is 0 Å². The van der Waals surface area contributed by atoms with Gasteiger partial charge in [0.25, 0.3) is 0 Å². The lowest BCUT2D eigenvalue weighted by molar-refractivity contribution is 0.507. The van der Waals surface area contributed by atoms with Gasteiger partial charge in [-0.25, -0.2) is 0 Å². The molecule has 2 nitrogen and oxygen atoms in total. The minimum Gasteiger partial charge on any atom is -0.298 e. The second-order valence-electron chi connectivity index (χ2n) is 3.64. The van der Waals surface area contributed by atoms with Gasteiger partial charge in [0.1, 0.15) is 0 Å². The van der Waals surface area contributed by atoms with Crippen molar-refractivity contribution in [3.05, 3.63) is 12.2 Å². The van der Waals surface area contributed by atoms with Gasteiger partial charge in [0.05, 0.1) is 6.67 Å². The van der Waals surface area contributed by atoms with E-state index in [9.17, 15) is 0 Å². The van der Waals surface area contributed by atoms with Crippen LogP contribution >= 0.6 is 0 Å². The fraction of sp³-hybridized carbons (Fsp3) is 0.700. The first-order valence-electron chi connectivity index (χ1n) is 4.60. The molecule has 1 aliphatic heterocycles. The van der Waals surface area contributed by atoms with Crippen molar-refractivity contribution in [2.75, 3.05) is 13.2 Å². The van der Waals surface area contributed by atoms with Gasteiger partial charge in [0.15, 0.2) is 0 Å². The minimum atomic E-state index is 0.730. The summed E-state index contributed by atoms with van der Waals surface area (Å²) in [5, 5.41) is 3.27. The number of aliphatic imine (C=N–C) groups is 1. The van der Waals surface area contributed by atoms with Crippen LogP contribution in [0.5, 0.6) is 0 Å². The molecule has 0 aromatic rings. The third-order valence-corrected chi connectivity index (χ3v) is 2.23. The summed E-state index contributed by atoms with van der Waals surface area (Å²) in [4.78, 5) is 4.44. The molecule has 1 atom stereocenters. The summed E-state index contributed by atoms with van der Waals surface area (Å²) in [5.41, 5.74) is 2.31. The van der Waals surface area contributed by atoms with Crippen molar-refractivity contribution < 1.29 is 0 Å². The van der Waals surface area contributed by atoms with Crippen LogP contribution in [0.4, 0.5) is 0 Å². The molecule has 1 N–H and O–H groups in total. The molecule has 1 aliphatic rings. The molecule has 0 saturated carbocycles. The summed E-state index contributed by atoms with van der Waals surface area (Å²) in [6.07, 6.45) is 2.34. The monoisotopic (exact) mass is 166 g/mol. The summed E-state index contributed by atoms with van der Waals surface area (Å²) in [5.74, 6) is 0.730. The van der Waals surface area contributed by atoms with E-state index < -0.39 is 0 Å². The third-order valence-electron chi connectivity index (χ3n) is 2.23. The Labute approximate surface area is 74.8 Å². The van der Waals surface area contributed by atoms with E-state index in [0.29, 0.717) is 0 Å². The molecule has 12 heavy (non-hydrogen) atoms. The highest BCUT2D eigenvalue weighted by Gasteiger charge is 2.09. The van der Waals surface area contributed by atoms with Crippen LogP contribution in [0, 0.1) is 5.92 Å². The molecule has 1 heterocycles. The van der Waals surface area contributed by atoms with Crippen molar-refractivity contribution in [3.8, 4) is 0 Å². The average Bonchev–Trinajstić information content (AvgIpc) is 1.95. The molecule has 0 aromatic carbocycles. The fourth-order valence-electron chi connectivity index (χ4n) is 1.38. The smallest absolute Gasteiger partial charge is 0.0887 e. The third kappa shape index (κ3) is 2.78. The zero-order valence-corrected chi connectivity index (χ0v) is 8.06.